The first-order chi connectivity index (χ1) is 13.4. The fourth-order valence-corrected chi connectivity index (χ4v) is 3.04. The van der Waals surface area contributed by atoms with Crippen molar-refractivity contribution in [2.45, 2.75) is 20.8 Å². The van der Waals surface area contributed by atoms with E-state index in [0.717, 1.165) is 11.3 Å². The number of aryl methyl sites for hydroxylation is 2. The van der Waals surface area contributed by atoms with Crippen LogP contribution in [0.4, 0.5) is 11.4 Å². The monoisotopic (exact) mass is 377 g/mol. The maximum Gasteiger partial charge on any atom is 0.342 e. The number of amides is 1. The molecule has 0 atom stereocenters. The van der Waals surface area contributed by atoms with Crippen molar-refractivity contribution in [3.05, 3.63) is 64.8 Å². The van der Waals surface area contributed by atoms with Gasteiger partial charge >= 0.3 is 5.97 Å². The van der Waals surface area contributed by atoms with Crippen molar-refractivity contribution >= 4 is 34.2 Å². The lowest BCUT2D eigenvalue weighted by Gasteiger charge is -2.17. The number of pyridine rings is 1. The molecule has 0 saturated carbocycles. The Morgan fingerprint density at radius 1 is 1.07 bits per heavy atom. The molecule has 3 aromatic rings. The van der Waals surface area contributed by atoms with Crippen molar-refractivity contribution in [1.82, 2.24) is 10.3 Å². The number of ether oxygens (including phenoxy) is 1. The molecule has 2 N–H and O–H groups in total. The minimum absolute atomic E-state index is 0.207. The summed E-state index contributed by atoms with van der Waals surface area (Å²) in [6, 6.07) is 13.1. The van der Waals surface area contributed by atoms with E-state index in [0.29, 0.717) is 33.4 Å². The van der Waals surface area contributed by atoms with Gasteiger partial charge in [0.15, 0.2) is 0 Å². The number of esters is 1. The van der Waals surface area contributed by atoms with Crippen LogP contribution in [0.3, 0.4) is 0 Å². The molecule has 0 bridgehead atoms. The van der Waals surface area contributed by atoms with Crippen LogP contribution in [0.2, 0.25) is 0 Å². The van der Waals surface area contributed by atoms with Crippen molar-refractivity contribution in [3.8, 4) is 0 Å². The Labute approximate surface area is 163 Å². The zero-order valence-corrected chi connectivity index (χ0v) is 16.4. The van der Waals surface area contributed by atoms with Crippen LogP contribution in [0.5, 0.6) is 0 Å². The second kappa shape index (κ2) is 8.08. The normalized spacial score (nSPS) is 10.6. The average molecular weight is 377 g/mol. The van der Waals surface area contributed by atoms with Crippen molar-refractivity contribution in [1.29, 1.82) is 0 Å². The molecule has 3 rings (SSSR count). The van der Waals surface area contributed by atoms with Gasteiger partial charge in [0.1, 0.15) is 5.56 Å². The van der Waals surface area contributed by atoms with E-state index in [1.807, 2.05) is 31.2 Å². The van der Waals surface area contributed by atoms with Gasteiger partial charge in [-0.05, 0) is 51.1 Å². The van der Waals surface area contributed by atoms with Crippen LogP contribution in [0.25, 0.3) is 10.9 Å². The highest BCUT2D eigenvalue weighted by atomic mass is 16.5. The highest BCUT2D eigenvalue weighted by molar-refractivity contribution is 6.09. The van der Waals surface area contributed by atoms with Crippen LogP contribution in [0.15, 0.2) is 42.5 Å². The van der Waals surface area contributed by atoms with Crippen LogP contribution in [-0.2, 0) is 4.74 Å². The van der Waals surface area contributed by atoms with E-state index in [1.165, 1.54) is 0 Å². The average Bonchev–Trinajstić information content (AvgIpc) is 2.68. The predicted octanol–water partition coefficient (Wildman–Crippen LogP) is 4.13. The third-order valence-electron chi connectivity index (χ3n) is 4.46. The van der Waals surface area contributed by atoms with Gasteiger partial charge in [-0.1, -0.05) is 17.7 Å². The smallest absolute Gasteiger partial charge is 0.342 e. The van der Waals surface area contributed by atoms with Gasteiger partial charge in [0.2, 0.25) is 0 Å². The minimum Gasteiger partial charge on any atom is -0.462 e. The van der Waals surface area contributed by atoms with Gasteiger partial charge in [-0.25, -0.2) is 4.79 Å². The van der Waals surface area contributed by atoms with E-state index in [4.69, 9.17) is 4.74 Å². The van der Waals surface area contributed by atoms with Gasteiger partial charge in [0, 0.05) is 23.7 Å². The summed E-state index contributed by atoms with van der Waals surface area (Å²) < 4.78 is 5.26. The molecule has 0 fully saturated rings. The number of rotatable bonds is 5. The van der Waals surface area contributed by atoms with E-state index in [2.05, 4.69) is 15.6 Å². The van der Waals surface area contributed by atoms with E-state index >= 15 is 0 Å². The van der Waals surface area contributed by atoms with E-state index in [9.17, 15) is 9.59 Å². The zero-order valence-electron chi connectivity index (χ0n) is 16.4. The van der Waals surface area contributed by atoms with E-state index in [1.54, 1.807) is 39.1 Å². The van der Waals surface area contributed by atoms with Crippen molar-refractivity contribution in [2.75, 3.05) is 19.0 Å². The van der Waals surface area contributed by atoms with Crippen LogP contribution in [-0.4, -0.2) is 30.5 Å². The standard InChI is InChI=1S/C22H23N3O3/c1-5-28-22(27)19-14(3)24-18-11-8-15(21(26)23-4)12-17(18)20(19)25-16-9-6-13(2)7-10-16/h6-12H,5H2,1-4H3,(H,23,26)(H,24,25). The third-order valence-corrected chi connectivity index (χ3v) is 4.46. The van der Waals surface area contributed by atoms with Crippen molar-refractivity contribution in [3.63, 3.8) is 0 Å². The summed E-state index contributed by atoms with van der Waals surface area (Å²) in [4.78, 5) is 29.3. The second-order valence-corrected chi connectivity index (χ2v) is 6.47. The van der Waals surface area contributed by atoms with Crippen molar-refractivity contribution in [2.24, 2.45) is 0 Å². The molecule has 0 aliphatic rings. The molecule has 6 heteroatoms. The Hall–Kier alpha value is -3.41. The molecule has 0 unspecified atom stereocenters. The summed E-state index contributed by atoms with van der Waals surface area (Å²) in [5.74, 6) is -0.657. The molecule has 0 saturated heterocycles. The van der Waals surface area contributed by atoms with Crippen molar-refractivity contribution < 1.29 is 14.3 Å². The van der Waals surface area contributed by atoms with E-state index < -0.39 is 5.97 Å². The number of nitrogens with zero attached hydrogens (tertiary/aromatic N) is 1. The largest absolute Gasteiger partial charge is 0.462 e. The molecule has 0 radical (unpaired) electrons. The molecule has 6 nitrogen and oxygen atoms in total. The second-order valence-electron chi connectivity index (χ2n) is 6.47. The van der Waals surface area contributed by atoms with Crippen LogP contribution in [0.1, 0.15) is 38.9 Å². The van der Waals surface area contributed by atoms with Gasteiger partial charge in [-0.3, -0.25) is 9.78 Å². The van der Waals surface area contributed by atoms with Crippen LogP contribution in [0, 0.1) is 13.8 Å². The number of hydrogen-bond acceptors (Lipinski definition) is 5. The topological polar surface area (TPSA) is 80.3 Å². The lowest BCUT2D eigenvalue weighted by atomic mass is 10.0. The SMILES string of the molecule is CCOC(=O)c1c(C)nc2ccc(C(=O)NC)cc2c1Nc1ccc(C)cc1. The molecule has 0 aliphatic carbocycles. The highest BCUT2D eigenvalue weighted by Crippen LogP contribution is 2.32. The molecule has 1 aromatic heterocycles. The lowest BCUT2D eigenvalue weighted by molar-refractivity contribution is 0.0526. The molecule has 28 heavy (non-hydrogen) atoms. The maximum atomic E-state index is 12.7. The van der Waals surface area contributed by atoms with Gasteiger partial charge in [0.25, 0.3) is 5.91 Å². The quantitative estimate of drug-likeness (QED) is 0.654. The summed E-state index contributed by atoms with van der Waals surface area (Å²) in [6.07, 6.45) is 0. The van der Waals surface area contributed by atoms with Gasteiger partial charge < -0.3 is 15.4 Å². The van der Waals surface area contributed by atoms with E-state index in [-0.39, 0.29) is 12.5 Å². The Kier molecular flexibility index (Phi) is 5.59. The first-order valence-electron chi connectivity index (χ1n) is 9.11. The van der Waals surface area contributed by atoms with Crippen LogP contribution >= 0.6 is 0 Å². The highest BCUT2D eigenvalue weighted by Gasteiger charge is 2.21. The fraction of sp³-hybridized carbons (Fsp3) is 0.227. The summed E-state index contributed by atoms with van der Waals surface area (Å²) in [5.41, 5.74) is 4.64. The molecule has 2 aromatic carbocycles. The van der Waals surface area contributed by atoms with Gasteiger partial charge in [0.05, 0.1) is 23.5 Å². The van der Waals surface area contributed by atoms with Gasteiger partial charge in [-0.15, -0.1) is 0 Å². The Morgan fingerprint density at radius 2 is 1.79 bits per heavy atom. The summed E-state index contributed by atoms with van der Waals surface area (Å²) in [7, 11) is 1.58. The number of carbonyl (C=O) groups excluding carboxylic acids is 2. The molecule has 0 aliphatic heterocycles. The summed E-state index contributed by atoms with van der Waals surface area (Å²) in [5, 5.41) is 6.63. The predicted molar refractivity (Wildman–Crippen MR) is 110 cm³/mol. The molecule has 0 spiro atoms. The minimum atomic E-state index is -0.450. The fourth-order valence-electron chi connectivity index (χ4n) is 3.04. The Bertz CT molecular complexity index is 1040. The number of hydrogen-bond donors (Lipinski definition) is 2. The first kappa shape index (κ1) is 19.4. The van der Waals surface area contributed by atoms with Gasteiger partial charge in [-0.2, -0.15) is 0 Å². The molecular weight excluding hydrogens is 354 g/mol. The number of aromatic nitrogens is 1. The molecular formula is C22H23N3O3. The lowest BCUT2D eigenvalue weighted by Crippen LogP contribution is -2.18. The number of benzene rings is 2. The molecule has 1 heterocycles. The maximum absolute atomic E-state index is 12.7. The third kappa shape index (κ3) is 3.81. The number of carbonyl (C=O) groups is 2. The number of fused-ring (bicyclic) bond motifs is 1. The zero-order chi connectivity index (χ0) is 20.3. The first-order valence-corrected chi connectivity index (χ1v) is 9.11. The van der Waals surface area contributed by atoms with Crippen LogP contribution < -0.4 is 10.6 Å². The number of anilines is 2. The Morgan fingerprint density at radius 3 is 2.43 bits per heavy atom. The molecule has 1 amide bonds. The summed E-state index contributed by atoms with van der Waals surface area (Å²) in [6.45, 7) is 5.81. The Balaban J connectivity index is 2.25. The summed E-state index contributed by atoms with van der Waals surface area (Å²) >= 11 is 0. The molecule has 144 valence electrons. The number of nitrogens with one attached hydrogen (secondary N) is 2.